The fraction of sp³-hybridized carbons (Fsp3) is 0.333. The number of hydrogen-bond donors (Lipinski definition) is 1. The van der Waals surface area contributed by atoms with Gasteiger partial charge in [0.15, 0.2) is 0 Å². The second-order valence-electron chi connectivity index (χ2n) is 3.71. The van der Waals surface area contributed by atoms with Crippen molar-refractivity contribution in [2.45, 2.75) is 6.42 Å². The molecular weight excluding hydrogens is 200 g/mol. The van der Waals surface area contributed by atoms with Gasteiger partial charge in [0.2, 0.25) is 0 Å². The van der Waals surface area contributed by atoms with Crippen molar-refractivity contribution in [2.75, 3.05) is 13.6 Å². The maximum absolute atomic E-state index is 4.46. The molecule has 4 heteroatoms. The highest BCUT2D eigenvalue weighted by molar-refractivity contribution is 5.54. The van der Waals surface area contributed by atoms with Crippen molar-refractivity contribution < 1.29 is 0 Å². The van der Waals surface area contributed by atoms with Crippen molar-refractivity contribution in [1.29, 1.82) is 0 Å². The number of aromatic nitrogens is 3. The first-order valence-corrected chi connectivity index (χ1v) is 5.40. The summed E-state index contributed by atoms with van der Waals surface area (Å²) >= 11 is 0. The van der Waals surface area contributed by atoms with E-state index < -0.39 is 0 Å². The molecule has 0 bridgehead atoms. The molecule has 0 amide bonds. The molecule has 2 aromatic heterocycles. The molecule has 0 fully saturated rings. The Hall–Kier alpha value is -1.68. The molecular formula is C12H16N4. The average Bonchev–Trinajstić information content (AvgIpc) is 2.69. The first-order chi connectivity index (χ1) is 7.81. The largest absolute Gasteiger partial charge is 0.319 e. The van der Waals surface area contributed by atoms with Gasteiger partial charge in [0.1, 0.15) is 0 Å². The van der Waals surface area contributed by atoms with Gasteiger partial charge in [0.05, 0.1) is 17.1 Å². The van der Waals surface area contributed by atoms with Crippen LogP contribution in [0.2, 0.25) is 0 Å². The van der Waals surface area contributed by atoms with E-state index in [9.17, 15) is 0 Å². The molecule has 84 valence electrons. The standard InChI is InChI=1S/C12H16N4/c1-13-8-6-10-9-12(16(2)15-10)11-5-3-4-7-14-11/h3-5,7,9,13H,6,8H2,1-2H3. The first kappa shape index (κ1) is 10.8. The number of pyridine rings is 1. The zero-order valence-electron chi connectivity index (χ0n) is 9.64. The van der Waals surface area contributed by atoms with Crippen LogP contribution in [0, 0.1) is 0 Å². The molecule has 0 aliphatic carbocycles. The van der Waals surface area contributed by atoms with E-state index >= 15 is 0 Å². The van der Waals surface area contributed by atoms with Crippen molar-refractivity contribution >= 4 is 0 Å². The second-order valence-corrected chi connectivity index (χ2v) is 3.71. The lowest BCUT2D eigenvalue weighted by Gasteiger charge is -1.98. The van der Waals surface area contributed by atoms with Crippen LogP contribution in [0.4, 0.5) is 0 Å². The number of hydrogen-bond acceptors (Lipinski definition) is 3. The van der Waals surface area contributed by atoms with Gasteiger partial charge in [-0.1, -0.05) is 6.07 Å². The minimum Gasteiger partial charge on any atom is -0.319 e. The van der Waals surface area contributed by atoms with Crippen molar-refractivity contribution in [1.82, 2.24) is 20.1 Å². The van der Waals surface area contributed by atoms with Crippen LogP contribution < -0.4 is 5.32 Å². The smallest absolute Gasteiger partial charge is 0.0882 e. The highest BCUT2D eigenvalue weighted by Crippen LogP contribution is 2.16. The van der Waals surface area contributed by atoms with Gasteiger partial charge in [-0.05, 0) is 25.2 Å². The molecule has 0 aliphatic rings. The van der Waals surface area contributed by atoms with Gasteiger partial charge in [0.25, 0.3) is 0 Å². The number of nitrogens with zero attached hydrogens (tertiary/aromatic N) is 3. The molecule has 0 unspecified atom stereocenters. The van der Waals surface area contributed by atoms with E-state index in [0.29, 0.717) is 0 Å². The molecule has 0 atom stereocenters. The normalized spacial score (nSPS) is 10.6. The van der Waals surface area contributed by atoms with Gasteiger partial charge in [-0.2, -0.15) is 5.10 Å². The predicted octanol–water partition coefficient (Wildman–Crippen LogP) is 1.24. The summed E-state index contributed by atoms with van der Waals surface area (Å²) in [6, 6.07) is 8.00. The molecule has 4 nitrogen and oxygen atoms in total. The lowest BCUT2D eigenvalue weighted by atomic mass is 10.2. The highest BCUT2D eigenvalue weighted by Gasteiger charge is 2.07. The van der Waals surface area contributed by atoms with Gasteiger partial charge in [-0.25, -0.2) is 0 Å². The van der Waals surface area contributed by atoms with Crippen molar-refractivity contribution in [3.8, 4) is 11.4 Å². The third-order valence-electron chi connectivity index (χ3n) is 2.49. The third-order valence-corrected chi connectivity index (χ3v) is 2.49. The molecule has 0 aliphatic heterocycles. The summed E-state index contributed by atoms with van der Waals surface area (Å²) in [4.78, 5) is 4.33. The van der Waals surface area contributed by atoms with Crippen molar-refractivity contribution in [3.05, 3.63) is 36.2 Å². The molecule has 0 radical (unpaired) electrons. The van der Waals surface area contributed by atoms with Gasteiger partial charge in [-0.3, -0.25) is 9.67 Å². The van der Waals surface area contributed by atoms with Gasteiger partial charge < -0.3 is 5.32 Å². The van der Waals surface area contributed by atoms with Gasteiger partial charge in [0, 0.05) is 26.2 Å². The third kappa shape index (κ3) is 2.28. The van der Waals surface area contributed by atoms with Gasteiger partial charge in [-0.15, -0.1) is 0 Å². The highest BCUT2D eigenvalue weighted by atomic mass is 15.3. The van der Waals surface area contributed by atoms with E-state index in [1.54, 1.807) is 6.20 Å². The van der Waals surface area contributed by atoms with E-state index in [4.69, 9.17) is 0 Å². The maximum Gasteiger partial charge on any atom is 0.0882 e. The molecule has 2 heterocycles. The summed E-state index contributed by atoms with van der Waals surface area (Å²) in [7, 11) is 3.90. The molecule has 0 aromatic carbocycles. The molecule has 1 N–H and O–H groups in total. The zero-order chi connectivity index (χ0) is 11.4. The van der Waals surface area contributed by atoms with E-state index in [2.05, 4.69) is 21.5 Å². The Morgan fingerprint density at radius 1 is 1.38 bits per heavy atom. The van der Waals surface area contributed by atoms with Crippen molar-refractivity contribution in [2.24, 2.45) is 7.05 Å². The van der Waals surface area contributed by atoms with E-state index in [1.165, 1.54) is 0 Å². The minimum absolute atomic E-state index is 0.942. The minimum atomic E-state index is 0.942. The summed E-state index contributed by atoms with van der Waals surface area (Å²) in [6.07, 6.45) is 2.74. The van der Waals surface area contributed by atoms with Crippen LogP contribution in [0.5, 0.6) is 0 Å². The van der Waals surface area contributed by atoms with Crippen LogP contribution in [0.3, 0.4) is 0 Å². The molecule has 0 spiro atoms. The first-order valence-electron chi connectivity index (χ1n) is 5.40. The Morgan fingerprint density at radius 2 is 2.25 bits per heavy atom. The van der Waals surface area contributed by atoms with E-state index in [-0.39, 0.29) is 0 Å². The van der Waals surface area contributed by atoms with Crippen LogP contribution in [0.15, 0.2) is 30.5 Å². The Labute approximate surface area is 95.3 Å². The number of likely N-dealkylation sites (N-methyl/N-ethyl adjacent to an activating group) is 1. The molecule has 16 heavy (non-hydrogen) atoms. The maximum atomic E-state index is 4.46. The summed E-state index contributed by atoms with van der Waals surface area (Å²) in [6.45, 7) is 0.943. The molecule has 0 saturated carbocycles. The lowest BCUT2D eigenvalue weighted by molar-refractivity contribution is 0.719. The Morgan fingerprint density at radius 3 is 2.94 bits per heavy atom. The zero-order valence-corrected chi connectivity index (χ0v) is 9.64. The van der Waals surface area contributed by atoms with Gasteiger partial charge >= 0.3 is 0 Å². The Kier molecular flexibility index (Phi) is 3.31. The predicted molar refractivity (Wildman–Crippen MR) is 64.1 cm³/mol. The Balaban J connectivity index is 2.25. The monoisotopic (exact) mass is 216 g/mol. The van der Waals surface area contributed by atoms with Crippen LogP contribution >= 0.6 is 0 Å². The lowest BCUT2D eigenvalue weighted by Crippen LogP contribution is -2.10. The van der Waals surface area contributed by atoms with E-state index in [1.807, 2.05) is 37.0 Å². The summed E-state index contributed by atoms with van der Waals surface area (Å²) in [5.41, 5.74) is 3.12. The van der Waals surface area contributed by atoms with E-state index in [0.717, 1.165) is 30.0 Å². The quantitative estimate of drug-likeness (QED) is 0.836. The SMILES string of the molecule is CNCCc1cc(-c2ccccn2)n(C)n1. The second kappa shape index (κ2) is 4.90. The van der Waals surface area contributed by atoms with Crippen LogP contribution in [0.1, 0.15) is 5.69 Å². The number of aryl methyl sites for hydroxylation is 1. The molecule has 0 saturated heterocycles. The molecule has 2 rings (SSSR count). The van der Waals surface area contributed by atoms with Crippen LogP contribution in [-0.4, -0.2) is 28.4 Å². The fourth-order valence-corrected chi connectivity index (χ4v) is 1.66. The fourth-order valence-electron chi connectivity index (χ4n) is 1.66. The topological polar surface area (TPSA) is 42.7 Å². The summed E-state index contributed by atoms with van der Waals surface area (Å²) in [5, 5.41) is 7.58. The molecule has 2 aromatic rings. The average molecular weight is 216 g/mol. The Bertz CT molecular complexity index is 447. The van der Waals surface area contributed by atoms with Crippen LogP contribution in [-0.2, 0) is 13.5 Å². The number of nitrogens with one attached hydrogen (secondary N) is 1. The summed E-state index contributed by atoms with van der Waals surface area (Å²) in [5.74, 6) is 0. The number of rotatable bonds is 4. The summed E-state index contributed by atoms with van der Waals surface area (Å²) < 4.78 is 1.88. The van der Waals surface area contributed by atoms with Crippen molar-refractivity contribution in [3.63, 3.8) is 0 Å². The van der Waals surface area contributed by atoms with Crippen LogP contribution in [0.25, 0.3) is 11.4 Å².